The molecule has 2 aliphatic rings. The Bertz CT molecular complexity index is 1570. The molecule has 0 fully saturated rings. The minimum absolute atomic E-state index is 0.00343. The smallest absolute Gasteiger partial charge is 0.244 e. The molecule has 1 amide bonds. The third-order valence-electron chi connectivity index (χ3n) is 7.10. The molecule has 3 aromatic heterocycles. The number of rotatable bonds is 3. The second kappa shape index (κ2) is 8.70. The maximum atomic E-state index is 15.5. The number of hydrogen-bond acceptors (Lipinski definition) is 8. The molecule has 10 nitrogen and oxygen atoms in total. The van der Waals surface area contributed by atoms with Crippen molar-refractivity contribution in [2.45, 2.75) is 32.4 Å². The zero-order valence-electron chi connectivity index (χ0n) is 20.5. The fourth-order valence-electron chi connectivity index (χ4n) is 4.93. The van der Waals surface area contributed by atoms with Crippen molar-refractivity contribution in [1.82, 2.24) is 24.6 Å². The summed E-state index contributed by atoms with van der Waals surface area (Å²) in [6.07, 6.45) is 3.57. The van der Waals surface area contributed by atoms with Gasteiger partial charge in [-0.2, -0.15) is 5.10 Å². The van der Waals surface area contributed by atoms with Crippen LogP contribution in [0.15, 0.2) is 30.6 Å². The molecule has 5 heterocycles. The normalized spacial score (nSPS) is 17.2. The number of nitrogen functional groups attached to an aromatic ring is 1. The SMILES string of the molecule is Cc1c(-c2cc3cc(Nc4cc5n(n4)CC(=O)N(C)CC5)ncc3c(N)c2F)cnc2c1C[C@@H](O)CO2. The van der Waals surface area contributed by atoms with E-state index in [2.05, 4.69) is 20.4 Å². The first-order valence-corrected chi connectivity index (χ1v) is 12.0. The van der Waals surface area contributed by atoms with Gasteiger partial charge in [0.2, 0.25) is 11.8 Å². The Morgan fingerprint density at radius 1 is 1.19 bits per heavy atom. The van der Waals surface area contributed by atoms with Crippen molar-refractivity contribution >= 4 is 34.0 Å². The lowest BCUT2D eigenvalue weighted by atomic mass is 9.93. The number of nitrogens with one attached hydrogen (secondary N) is 1. The van der Waals surface area contributed by atoms with Gasteiger partial charge in [-0.25, -0.2) is 14.4 Å². The number of likely N-dealkylation sites (N-methyl/N-ethyl adjacent to an activating group) is 1. The molecule has 190 valence electrons. The topological polar surface area (TPSA) is 131 Å². The molecule has 0 spiro atoms. The number of fused-ring (bicyclic) bond motifs is 3. The predicted molar refractivity (Wildman–Crippen MR) is 136 cm³/mol. The molecule has 0 unspecified atom stereocenters. The number of aromatic nitrogens is 4. The van der Waals surface area contributed by atoms with Crippen molar-refractivity contribution in [2.75, 3.05) is 31.2 Å². The van der Waals surface area contributed by atoms with E-state index in [-0.39, 0.29) is 24.7 Å². The molecule has 0 bridgehead atoms. The Morgan fingerprint density at radius 3 is 2.86 bits per heavy atom. The number of carbonyl (C=O) groups is 1. The summed E-state index contributed by atoms with van der Waals surface area (Å²) >= 11 is 0. The Labute approximate surface area is 211 Å². The van der Waals surface area contributed by atoms with Gasteiger partial charge < -0.3 is 25.8 Å². The molecule has 0 radical (unpaired) electrons. The maximum Gasteiger partial charge on any atom is 0.244 e. The van der Waals surface area contributed by atoms with Crippen molar-refractivity contribution in [3.8, 4) is 17.0 Å². The summed E-state index contributed by atoms with van der Waals surface area (Å²) in [5.41, 5.74) is 9.60. The van der Waals surface area contributed by atoms with E-state index in [0.717, 1.165) is 16.8 Å². The van der Waals surface area contributed by atoms with Crippen LogP contribution < -0.4 is 15.8 Å². The number of nitrogens with two attached hydrogens (primary N) is 1. The first-order chi connectivity index (χ1) is 17.8. The van der Waals surface area contributed by atoms with Crippen molar-refractivity contribution in [3.05, 3.63) is 53.2 Å². The molecule has 11 heteroatoms. The average molecular weight is 504 g/mol. The molecule has 4 N–H and O–H groups in total. The highest BCUT2D eigenvalue weighted by Crippen LogP contribution is 2.38. The van der Waals surface area contributed by atoms with Gasteiger partial charge in [-0.15, -0.1) is 0 Å². The number of halogens is 1. The lowest BCUT2D eigenvalue weighted by Gasteiger charge is -2.23. The number of amides is 1. The molecule has 1 atom stereocenters. The van der Waals surface area contributed by atoms with E-state index in [1.54, 1.807) is 35.0 Å². The summed E-state index contributed by atoms with van der Waals surface area (Å²) in [6, 6.07) is 5.41. The van der Waals surface area contributed by atoms with E-state index >= 15 is 4.39 Å². The number of ether oxygens (including phenoxy) is 1. The van der Waals surface area contributed by atoms with Crippen LogP contribution in [0.1, 0.15) is 16.8 Å². The summed E-state index contributed by atoms with van der Waals surface area (Å²) in [5, 5.41) is 18.9. The van der Waals surface area contributed by atoms with E-state index in [9.17, 15) is 9.90 Å². The van der Waals surface area contributed by atoms with Gasteiger partial charge in [-0.05, 0) is 30.0 Å². The van der Waals surface area contributed by atoms with E-state index in [4.69, 9.17) is 10.5 Å². The second-order valence-electron chi connectivity index (χ2n) is 9.56. The minimum atomic E-state index is -0.633. The molecule has 6 rings (SSSR count). The van der Waals surface area contributed by atoms with Gasteiger partial charge in [0.1, 0.15) is 19.0 Å². The number of pyridine rings is 2. The molecular weight excluding hydrogens is 477 g/mol. The van der Waals surface area contributed by atoms with Crippen LogP contribution in [0, 0.1) is 12.7 Å². The Morgan fingerprint density at radius 2 is 2.03 bits per heavy atom. The fraction of sp³-hybridized carbons (Fsp3) is 0.308. The van der Waals surface area contributed by atoms with Crippen molar-refractivity contribution in [1.29, 1.82) is 0 Å². The Hall–Kier alpha value is -4.25. The summed E-state index contributed by atoms with van der Waals surface area (Å²) in [6.45, 7) is 2.87. The van der Waals surface area contributed by atoms with Crippen LogP contribution in [-0.2, 0) is 24.2 Å². The molecule has 0 saturated heterocycles. The highest BCUT2D eigenvalue weighted by atomic mass is 19.1. The lowest BCUT2D eigenvalue weighted by molar-refractivity contribution is -0.130. The molecule has 37 heavy (non-hydrogen) atoms. The summed E-state index contributed by atoms with van der Waals surface area (Å²) < 4.78 is 22.7. The van der Waals surface area contributed by atoms with Crippen LogP contribution in [-0.4, -0.2) is 62.0 Å². The van der Waals surface area contributed by atoms with Crippen LogP contribution in [0.2, 0.25) is 0 Å². The van der Waals surface area contributed by atoms with Gasteiger partial charge in [0.05, 0.1) is 11.8 Å². The number of carbonyl (C=O) groups excluding carboxylic acids is 1. The zero-order valence-corrected chi connectivity index (χ0v) is 20.5. The van der Waals surface area contributed by atoms with Crippen LogP contribution in [0.3, 0.4) is 0 Å². The molecule has 0 aliphatic carbocycles. The van der Waals surface area contributed by atoms with Crippen molar-refractivity contribution < 1.29 is 19.0 Å². The summed E-state index contributed by atoms with van der Waals surface area (Å²) in [4.78, 5) is 22.6. The predicted octanol–water partition coefficient (Wildman–Crippen LogP) is 2.58. The van der Waals surface area contributed by atoms with Crippen molar-refractivity contribution in [3.63, 3.8) is 0 Å². The highest BCUT2D eigenvalue weighted by Gasteiger charge is 2.25. The Balaban J connectivity index is 1.36. The molecule has 1 aromatic carbocycles. The van der Waals surface area contributed by atoms with Crippen molar-refractivity contribution in [2.24, 2.45) is 0 Å². The van der Waals surface area contributed by atoms with Crippen LogP contribution >= 0.6 is 0 Å². The third-order valence-corrected chi connectivity index (χ3v) is 7.10. The number of aliphatic hydroxyl groups is 1. The molecule has 2 aliphatic heterocycles. The van der Waals surface area contributed by atoms with Crippen LogP contribution in [0.5, 0.6) is 5.88 Å². The zero-order chi connectivity index (χ0) is 25.8. The first-order valence-electron chi connectivity index (χ1n) is 12.0. The van der Waals surface area contributed by atoms with Gasteiger partial charge in [0.25, 0.3) is 0 Å². The van der Waals surface area contributed by atoms with E-state index < -0.39 is 11.9 Å². The fourth-order valence-corrected chi connectivity index (χ4v) is 4.93. The van der Waals surface area contributed by atoms with E-state index in [1.807, 2.05) is 13.0 Å². The molecule has 0 saturated carbocycles. The Kier molecular flexibility index (Phi) is 5.45. The van der Waals surface area contributed by atoms with Gasteiger partial charge in [0.15, 0.2) is 11.6 Å². The monoisotopic (exact) mass is 503 g/mol. The van der Waals surface area contributed by atoms with E-state index in [0.29, 0.717) is 58.8 Å². The van der Waals surface area contributed by atoms with E-state index in [1.165, 1.54) is 6.20 Å². The van der Waals surface area contributed by atoms with Crippen LogP contribution in [0.25, 0.3) is 21.9 Å². The number of anilines is 3. The summed E-state index contributed by atoms with van der Waals surface area (Å²) in [7, 11) is 1.79. The van der Waals surface area contributed by atoms with Crippen LogP contribution in [0.4, 0.5) is 21.7 Å². The minimum Gasteiger partial charge on any atom is -0.475 e. The van der Waals surface area contributed by atoms with Gasteiger partial charge >= 0.3 is 0 Å². The molecule has 4 aromatic rings. The largest absolute Gasteiger partial charge is 0.475 e. The highest BCUT2D eigenvalue weighted by molar-refractivity contribution is 5.98. The standard InChI is InChI=1S/C26H26FN7O3/c1-13-17-8-16(35)12-37-26(17)30-9-19(13)18-5-14-6-21(29-10-20(14)25(28)24(18)27)31-22-7-15-3-4-33(2)23(36)11-34(15)32-22/h5-7,9-10,16,35H,3-4,8,11-12,28H2,1-2H3,(H,29,31,32)/t16-/m1/s1. The van der Waals surface area contributed by atoms with Gasteiger partial charge in [0, 0.05) is 72.7 Å². The maximum absolute atomic E-state index is 15.5. The summed E-state index contributed by atoms with van der Waals surface area (Å²) in [5.74, 6) is 1.00. The number of aliphatic hydroxyl groups excluding tert-OH is 1. The number of hydrogen-bond donors (Lipinski definition) is 3. The third kappa shape index (κ3) is 4.01. The lowest BCUT2D eigenvalue weighted by Crippen LogP contribution is -2.29. The number of benzene rings is 1. The number of nitrogens with zero attached hydrogens (tertiary/aromatic N) is 5. The average Bonchev–Trinajstić information content (AvgIpc) is 3.20. The first kappa shape index (κ1) is 23.2. The van der Waals surface area contributed by atoms with Gasteiger partial charge in [-0.1, -0.05) is 0 Å². The second-order valence-corrected chi connectivity index (χ2v) is 9.56. The molecular formula is C26H26FN7O3. The quantitative estimate of drug-likeness (QED) is 0.364. The van der Waals surface area contributed by atoms with Gasteiger partial charge in [-0.3, -0.25) is 9.48 Å².